The number of pyridine rings is 1. The lowest BCUT2D eigenvalue weighted by Gasteiger charge is -2.30. The SMILES string of the molecule is CC(NC(=O)C1CCC(NC(=O)C2CCCC2)CC1)c1ccncc1. The molecule has 1 atom stereocenters. The van der Waals surface area contributed by atoms with Crippen molar-refractivity contribution in [1.29, 1.82) is 0 Å². The summed E-state index contributed by atoms with van der Waals surface area (Å²) in [5, 5.41) is 6.32. The van der Waals surface area contributed by atoms with E-state index in [1.54, 1.807) is 12.4 Å². The standard InChI is InChI=1S/C20H29N3O2/c1-14(15-10-12-21-13-11-15)22-19(24)17-6-8-18(9-7-17)23-20(25)16-4-2-3-5-16/h10-14,16-18H,2-9H2,1H3,(H,22,24)(H,23,25). The molecule has 3 rings (SSSR count). The minimum absolute atomic E-state index is 0.00436. The first-order valence-corrected chi connectivity index (χ1v) is 9.64. The number of carbonyl (C=O) groups excluding carboxylic acids is 2. The Kier molecular flexibility index (Phi) is 6.05. The van der Waals surface area contributed by atoms with E-state index in [4.69, 9.17) is 0 Å². The fourth-order valence-corrected chi connectivity index (χ4v) is 4.07. The van der Waals surface area contributed by atoms with E-state index in [1.165, 1.54) is 12.8 Å². The second-order valence-corrected chi connectivity index (χ2v) is 7.55. The average molecular weight is 343 g/mol. The Labute approximate surface area is 150 Å². The molecular weight excluding hydrogens is 314 g/mol. The normalized spacial score (nSPS) is 25.3. The Morgan fingerprint density at radius 1 is 0.960 bits per heavy atom. The van der Waals surface area contributed by atoms with Crippen LogP contribution >= 0.6 is 0 Å². The van der Waals surface area contributed by atoms with Crippen molar-refractivity contribution in [3.8, 4) is 0 Å². The van der Waals surface area contributed by atoms with Crippen molar-refractivity contribution in [2.75, 3.05) is 0 Å². The molecule has 2 aliphatic carbocycles. The molecule has 1 heterocycles. The van der Waals surface area contributed by atoms with Crippen LogP contribution in [0.1, 0.15) is 69.9 Å². The van der Waals surface area contributed by atoms with Crippen LogP contribution in [-0.4, -0.2) is 22.8 Å². The van der Waals surface area contributed by atoms with Gasteiger partial charge in [-0.2, -0.15) is 0 Å². The fraction of sp³-hybridized carbons (Fsp3) is 0.650. The number of carbonyl (C=O) groups is 2. The van der Waals surface area contributed by atoms with Gasteiger partial charge in [0.05, 0.1) is 6.04 Å². The molecule has 0 aromatic carbocycles. The van der Waals surface area contributed by atoms with Crippen molar-refractivity contribution in [2.24, 2.45) is 11.8 Å². The van der Waals surface area contributed by atoms with Crippen molar-refractivity contribution in [3.63, 3.8) is 0 Å². The van der Waals surface area contributed by atoms with E-state index in [0.29, 0.717) is 0 Å². The molecule has 136 valence electrons. The van der Waals surface area contributed by atoms with Crippen LogP contribution in [0, 0.1) is 11.8 Å². The van der Waals surface area contributed by atoms with Gasteiger partial charge in [-0.3, -0.25) is 14.6 Å². The molecule has 0 aliphatic heterocycles. The van der Waals surface area contributed by atoms with Gasteiger partial charge in [0.25, 0.3) is 0 Å². The Morgan fingerprint density at radius 2 is 1.56 bits per heavy atom. The lowest BCUT2D eigenvalue weighted by atomic mass is 9.85. The average Bonchev–Trinajstić information content (AvgIpc) is 3.18. The first-order chi connectivity index (χ1) is 12.1. The lowest BCUT2D eigenvalue weighted by molar-refractivity contribution is -0.127. The Hall–Kier alpha value is -1.91. The highest BCUT2D eigenvalue weighted by Crippen LogP contribution is 2.28. The predicted molar refractivity (Wildman–Crippen MR) is 96.6 cm³/mol. The molecule has 1 aromatic rings. The molecular formula is C20H29N3O2. The summed E-state index contributed by atoms with van der Waals surface area (Å²) in [7, 11) is 0. The van der Waals surface area contributed by atoms with Crippen LogP contribution in [0.2, 0.25) is 0 Å². The number of amides is 2. The zero-order valence-corrected chi connectivity index (χ0v) is 15.0. The first-order valence-electron chi connectivity index (χ1n) is 9.64. The van der Waals surface area contributed by atoms with Crippen molar-refractivity contribution >= 4 is 11.8 Å². The summed E-state index contributed by atoms with van der Waals surface area (Å²) >= 11 is 0. The molecule has 5 nitrogen and oxygen atoms in total. The van der Waals surface area contributed by atoms with Gasteiger partial charge in [-0.05, 0) is 63.1 Å². The Bertz CT molecular complexity index is 576. The second-order valence-electron chi connectivity index (χ2n) is 7.55. The largest absolute Gasteiger partial charge is 0.353 e. The third-order valence-corrected chi connectivity index (χ3v) is 5.74. The van der Waals surface area contributed by atoms with Crippen molar-refractivity contribution in [1.82, 2.24) is 15.6 Å². The maximum Gasteiger partial charge on any atom is 0.223 e. The van der Waals surface area contributed by atoms with E-state index in [-0.39, 0.29) is 35.7 Å². The van der Waals surface area contributed by atoms with E-state index in [1.807, 2.05) is 19.1 Å². The molecule has 2 N–H and O–H groups in total. The number of rotatable bonds is 5. The third kappa shape index (κ3) is 4.80. The van der Waals surface area contributed by atoms with E-state index >= 15 is 0 Å². The van der Waals surface area contributed by atoms with Gasteiger partial charge >= 0.3 is 0 Å². The van der Waals surface area contributed by atoms with Crippen LogP contribution in [0.3, 0.4) is 0 Å². The predicted octanol–water partition coefficient (Wildman–Crippen LogP) is 3.12. The van der Waals surface area contributed by atoms with Gasteiger partial charge in [0.1, 0.15) is 0 Å². The van der Waals surface area contributed by atoms with Gasteiger partial charge < -0.3 is 10.6 Å². The van der Waals surface area contributed by atoms with Crippen molar-refractivity contribution < 1.29 is 9.59 Å². The van der Waals surface area contributed by atoms with Crippen molar-refractivity contribution in [2.45, 2.75) is 70.4 Å². The minimum Gasteiger partial charge on any atom is -0.353 e. The maximum absolute atomic E-state index is 12.5. The summed E-state index contributed by atoms with van der Waals surface area (Å²) in [4.78, 5) is 28.8. The Balaban J connectivity index is 1.42. The van der Waals surface area contributed by atoms with Gasteiger partial charge in [0.2, 0.25) is 11.8 Å². The topological polar surface area (TPSA) is 71.1 Å². The number of nitrogens with one attached hydrogen (secondary N) is 2. The molecule has 5 heteroatoms. The molecule has 2 amide bonds. The maximum atomic E-state index is 12.5. The summed E-state index contributed by atoms with van der Waals surface area (Å²) in [5.74, 6) is 0.646. The summed E-state index contributed by atoms with van der Waals surface area (Å²) in [5.41, 5.74) is 1.07. The van der Waals surface area contributed by atoms with Crippen LogP contribution in [0.25, 0.3) is 0 Å². The molecule has 0 spiro atoms. The minimum atomic E-state index is -0.00436. The summed E-state index contributed by atoms with van der Waals surface area (Å²) in [6.45, 7) is 2.00. The van der Waals surface area contributed by atoms with E-state index < -0.39 is 0 Å². The van der Waals surface area contributed by atoms with Gasteiger partial charge in [-0.15, -0.1) is 0 Å². The van der Waals surface area contributed by atoms with Crippen molar-refractivity contribution in [3.05, 3.63) is 30.1 Å². The third-order valence-electron chi connectivity index (χ3n) is 5.74. The smallest absolute Gasteiger partial charge is 0.223 e. The highest BCUT2D eigenvalue weighted by molar-refractivity contribution is 5.80. The molecule has 0 saturated heterocycles. The van der Waals surface area contributed by atoms with Crippen LogP contribution in [0.4, 0.5) is 0 Å². The molecule has 2 fully saturated rings. The van der Waals surface area contributed by atoms with Crippen LogP contribution in [0.15, 0.2) is 24.5 Å². The summed E-state index contributed by atoms with van der Waals surface area (Å²) in [6, 6.07) is 4.10. The molecule has 2 saturated carbocycles. The zero-order chi connectivity index (χ0) is 17.6. The first kappa shape index (κ1) is 17.9. The van der Waals surface area contributed by atoms with E-state index in [0.717, 1.165) is 44.1 Å². The molecule has 2 aliphatic rings. The lowest BCUT2D eigenvalue weighted by Crippen LogP contribution is -2.42. The number of hydrogen-bond donors (Lipinski definition) is 2. The summed E-state index contributed by atoms with van der Waals surface area (Å²) in [6.07, 6.45) is 11.4. The number of aromatic nitrogens is 1. The van der Waals surface area contributed by atoms with E-state index in [9.17, 15) is 9.59 Å². The molecule has 0 radical (unpaired) electrons. The molecule has 1 aromatic heterocycles. The Morgan fingerprint density at radius 3 is 2.20 bits per heavy atom. The van der Waals surface area contributed by atoms with E-state index in [2.05, 4.69) is 15.6 Å². The highest BCUT2D eigenvalue weighted by Gasteiger charge is 2.30. The molecule has 0 bridgehead atoms. The van der Waals surface area contributed by atoms with Gasteiger partial charge in [-0.1, -0.05) is 12.8 Å². The van der Waals surface area contributed by atoms with Crippen LogP contribution in [-0.2, 0) is 9.59 Å². The molecule has 25 heavy (non-hydrogen) atoms. The summed E-state index contributed by atoms with van der Waals surface area (Å²) < 4.78 is 0. The van der Waals surface area contributed by atoms with Crippen LogP contribution < -0.4 is 10.6 Å². The van der Waals surface area contributed by atoms with Gasteiger partial charge in [0, 0.05) is 30.3 Å². The number of nitrogens with zero attached hydrogens (tertiary/aromatic N) is 1. The quantitative estimate of drug-likeness (QED) is 0.863. The van der Waals surface area contributed by atoms with Crippen LogP contribution in [0.5, 0.6) is 0 Å². The second kappa shape index (κ2) is 8.45. The number of hydrogen-bond acceptors (Lipinski definition) is 3. The highest BCUT2D eigenvalue weighted by atomic mass is 16.2. The zero-order valence-electron chi connectivity index (χ0n) is 15.0. The van der Waals surface area contributed by atoms with Gasteiger partial charge in [0.15, 0.2) is 0 Å². The van der Waals surface area contributed by atoms with Gasteiger partial charge in [-0.25, -0.2) is 0 Å². The fourth-order valence-electron chi connectivity index (χ4n) is 4.07. The molecule has 1 unspecified atom stereocenters. The monoisotopic (exact) mass is 343 g/mol.